The summed E-state index contributed by atoms with van der Waals surface area (Å²) < 4.78 is 27.3. The van der Waals surface area contributed by atoms with Crippen molar-refractivity contribution in [2.75, 3.05) is 0 Å². The van der Waals surface area contributed by atoms with Gasteiger partial charge in [0.25, 0.3) is 5.56 Å². The second-order valence-electron chi connectivity index (χ2n) is 5.87. The van der Waals surface area contributed by atoms with Gasteiger partial charge < -0.3 is 0 Å². The van der Waals surface area contributed by atoms with Gasteiger partial charge in [0.1, 0.15) is 0 Å². The number of rotatable bonds is 6. The predicted molar refractivity (Wildman–Crippen MR) is 97.1 cm³/mol. The topological polar surface area (TPSA) is 105 Å². The van der Waals surface area contributed by atoms with E-state index in [9.17, 15) is 13.2 Å². The molecule has 0 amide bonds. The van der Waals surface area contributed by atoms with Crippen molar-refractivity contribution in [1.29, 1.82) is 0 Å². The largest absolute Gasteiger partial charge is 0.268 e. The first-order valence-electron chi connectivity index (χ1n) is 7.97. The maximum Gasteiger partial charge on any atom is 0.267 e. The number of hydrogen-bond donors (Lipinski definition) is 2. The molecule has 134 valence electrons. The zero-order valence-corrected chi connectivity index (χ0v) is 15.0. The highest BCUT2D eigenvalue weighted by Crippen LogP contribution is 2.13. The third kappa shape index (κ3) is 4.41. The number of pyridine rings is 1. The molecule has 2 heterocycles. The fraction of sp³-hybridized carbons (Fsp3) is 0.167. The van der Waals surface area contributed by atoms with Crippen molar-refractivity contribution in [2.45, 2.75) is 24.8 Å². The number of aromatic amines is 1. The minimum atomic E-state index is -3.62. The fourth-order valence-corrected chi connectivity index (χ4v) is 3.48. The predicted octanol–water partition coefficient (Wildman–Crippen LogP) is 1.54. The molecule has 2 aromatic heterocycles. The van der Waals surface area contributed by atoms with E-state index in [2.05, 4.69) is 19.9 Å². The van der Waals surface area contributed by atoms with Crippen LogP contribution in [0, 0.1) is 6.92 Å². The zero-order chi connectivity index (χ0) is 18.6. The van der Waals surface area contributed by atoms with E-state index < -0.39 is 10.0 Å². The molecule has 0 aliphatic rings. The van der Waals surface area contributed by atoms with E-state index in [4.69, 9.17) is 0 Å². The molecule has 0 atom stereocenters. The van der Waals surface area contributed by atoms with E-state index in [1.165, 1.54) is 12.1 Å². The Labute approximate surface area is 151 Å². The van der Waals surface area contributed by atoms with Crippen LogP contribution in [0.2, 0.25) is 0 Å². The molecular formula is C18H18N4O3S. The smallest absolute Gasteiger partial charge is 0.267 e. The Morgan fingerprint density at radius 2 is 1.88 bits per heavy atom. The van der Waals surface area contributed by atoms with E-state index in [1.807, 2.05) is 0 Å². The molecule has 7 nitrogen and oxygen atoms in total. The quantitative estimate of drug-likeness (QED) is 0.685. The molecule has 0 spiro atoms. The highest BCUT2D eigenvalue weighted by molar-refractivity contribution is 7.89. The number of nitrogens with zero attached hydrogens (tertiary/aromatic N) is 2. The van der Waals surface area contributed by atoms with Gasteiger partial charge in [-0.1, -0.05) is 18.2 Å². The summed E-state index contributed by atoms with van der Waals surface area (Å²) >= 11 is 0. The standard InChI is InChI=1S/C18H18N4O3S/c1-13-9-16(18(23)22-21-13)10-14-4-6-17(7-5-14)26(24,25)20-12-15-3-2-8-19-11-15/h2-9,11,20H,10,12H2,1H3,(H,22,23). The lowest BCUT2D eigenvalue weighted by Gasteiger charge is -2.08. The number of hydrogen-bond acceptors (Lipinski definition) is 5. The van der Waals surface area contributed by atoms with E-state index in [1.54, 1.807) is 49.6 Å². The van der Waals surface area contributed by atoms with Crippen LogP contribution in [0.3, 0.4) is 0 Å². The van der Waals surface area contributed by atoms with Gasteiger partial charge in [-0.05, 0) is 42.3 Å². The number of aromatic nitrogens is 3. The molecule has 2 N–H and O–H groups in total. The van der Waals surface area contributed by atoms with Crippen LogP contribution in [-0.2, 0) is 23.0 Å². The highest BCUT2D eigenvalue weighted by Gasteiger charge is 2.14. The number of sulfonamides is 1. The summed E-state index contributed by atoms with van der Waals surface area (Å²) in [5, 5.41) is 6.28. The normalized spacial score (nSPS) is 11.4. The molecule has 3 aromatic rings. The molecule has 26 heavy (non-hydrogen) atoms. The Morgan fingerprint density at radius 3 is 2.58 bits per heavy atom. The Hall–Kier alpha value is -2.84. The number of aryl methyl sites for hydroxylation is 1. The van der Waals surface area contributed by atoms with Gasteiger partial charge in [0, 0.05) is 30.9 Å². The van der Waals surface area contributed by atoms with Crippen LogP contribution in [-0.4, -0.2) is 23.6 Å². The Balaban J connectivity index is 1.72. The molecular weight excluding hydrogens is 352 g/mol. The number of benzene rings is 1. The molecule has 1 aromatic carbocycles. The first-order chi connectivity index (χ1) is 12.4. The molecule has 0 saturated heterocycles. The molecule has 0 bridgehead atoms. The summed E-state index contributed by atoms with van der Waals surface area (Å²) in [4.78, 5) is 15.9. The number of nitrogens with one attached hydrogen (secondary N) is 2. The Kier molecular flexibility index (Phi) is 5.24. The van der Waals surface area contributed by atoms with E-state index in [0.29, 0.717) is 12.0 Å². The third-order valence-corrected chi connectivity index (χ3v) is 5.24. The maximum atomic E-state index is 12.4. The summed E-state index contributed by atoms with van der Waals surface area (Å²) in [6, 6.07) is 11.7. The molecule has 8 heteroatoms. The van der Waals surface area contributed by atoms with Gasteiger partial charge in [0.15, 0.2) is 0 Å². The second-order valence-corrected chi connectivity index (χ2v) is 7.64. The first-order valence-corrected chi connectivity index (χ1v) is 9.45. The molecule has 0 aliphatic heterocycles. The fourth-order valence-electron chi connectivity index (χ4n) is 2.46. The molecule has 0 unspecified atom stereocenters. The molecule has 0 radical (unpaired) electrons. The van der Waals surface area contributed by atoms with Gasteiger partial charge >= 0.3 is 0 Å². The van der Waals surface area contributed by atoms with Crippen LogP contribution in [0.15, 0.2) is 64.5 Å². The minimum Gasteiger partial charge on any atom is -0.268 e. The van der Waals surface area contributed by atoms with Gasteiger partial charge in [-0.2, -0.15) is 5.10 Å². The van der Waals surface area contributed by atoms with Crippen molar-refractivity contribution < 1.29 is 8.42 Å². The van der Waals surface area contributed by atoms with Crippen molar-refractivity contribution in [3.63, 3.8) is 0 Å². The third-order valence-electron chi connectivity index (χ3n) is 3.83. The summed E-state index contributed by atoms with van der Waals surface area (Å²) in [5.41, 5.74) is 2.68. The van der Waals surface area contributed by atoms with Crippen LogP contribution in [0.4, 0.5) is 0 Å². The summed E-state index contributed by atoms with van der Waals surface area (Å²) in [7, 11) is -3.62. The van der Waals surface area contributed by atoms with Gasteiger partial charge in [-0.15, -0.1) is 0 Å². The molecule has 3 rings (SSSR count). The maximum absolute atomic E-state index is 12.4. The minimum absolute atomic E-state index is 0.170. The lowest BCUT2D eigenvalue weighted by Crippen LogP contribution is -2.23. The van der Waals surface area contributed by atoms with Crippen LogP contribution in [0.5, 0.6) is 0 Å². The molecule has 0 fully saturated rings. The molecule has 0 saturated carbocycles. The van der Waals surface area contributed by atoms with E-state index >= 15 is 0 Å². The zero-order valence-electron chi connectivity index (χ0n) is 14.1. The van der Waals surface area contributed by atoms with Gasteiger partial charge in [0.05, 0.1) is 10.6 Å². The SMILES string of the molecule is Cc1cc(Cc2ccc(S(=O)(=O)NCc3cccnc3)cc2)c(=O)[nH]n1. The van der Waals surface area contributed by atoms with Crippen LogP contribution >= 0.6 is 0 Å². The highest BCUT2D eigenvalue weighted by atomic mass is 32.2. The van der Waals surface area contributed by atoms with Crippen molar-refractivity contribution in [1.82, 2.24) is 19.9 Å². The van der Waals surface area contributed by atoms with Crippen LogP contribution in [0.25, 0.3) is 0 Å². The van der Waals surface area contributed by atoms with Crippen molar-refractivity contribution in [2.24, 2.45) is 0 Å². The number of H-pyrrole nitrogens is 1. The van der Waals surface area contributed by atoms with Crippen molar-refractivity contribution in [3.8, 4) is 0 Å². The van der Waals surface area contributed by atoms with Crippen molar-refractivity contribution >= 4 is 10.0 Å². The second kappa shape index (κ2) is 7.59. The average molecular weight is 370 g/mol. The summed E-state index contributed by atoms with van der Waals surface area (Å²) in [5.74, 6) is 0. The first kappa shape index (κ1) is 18.0. The monoisotopic (exact) mass is 370 g/mol. The van der Waals surface area contributed by atoms with Gasteiger partial charge in [0.2, 0.25) is 10.0 Å². The Bertz CT molecular complexity index is 1050. The summed E-state index contributed by atoms with van der Waals surface area (Å²) in [6.45, 7) is 1.96. The molecule has 0 aliphatic carbocycles. The van der Waals surface area contributed by atoms with Gasteiger partial charge in [-0.3, -0.25) is 9.78 Å². The van der Waals surface area contributed by atoms with Gasteiger partial charge in [-0.25, -0.2) is 18.2 Å². The van der Waals surface area contributed by atoms with E-state index in [-0.39, 0.29) is 17.0 Å². The summed E-state index contributed by atoms with van der Waals surface area (Å²) in [6.07, 6.45) is 3.65. The lowest BCUT2D eigenvalue weighted by atomic mass is 10.1. The van der Waals surface area contributed by atoms with Crippen LogP contribution < -0.4 is 10.3 Å². The average Bonchev–Trinajstić information content (AvgIpc) is 2.64. The lowest BCUT2D eigenvalue weighted by molar-refractivity contribution is 0.581. The Morgan fingerprint density at radius 1 is 1.12 bits per heavy atom. The van der Waals surface area contributed by atoms with E-state index in [0.717, 1.165) is 16.8 Å². The van der Waals surface area contributed by atoms with Crippen molar-refractivity contribution in [3.05, 3.63) is 87.6 Å². The van der Waals surface area contributed by atoms with Crippen LogP contribution in [0.1, 0.15) is 22.4 Å².